The first-order chi connectivity index (χ1) is 16.1. The lowest BCUT2D eigenvalue weighted by atomic mass is 9.99. The molecule has 2 aromatic rings. The number of nitrogens with zero attached hydrogens (tertiary/aromatic N) is 5. The summed E-state index contributed by atoms with van der Waals surface area (Å²) in [5.41, 5.74) is 1.53. The van der Waals surface area contributed by atoms with E-state index in [0.29, 0.717) is 5.92 Å². The van der Waals surface area contributed by atoms with Crippen LogP contribution < -0.4 is 5.32 Å². The fourth-order valence-corrected chi connectivity index (χ4v) is 7.00. The molecule has 182 valence electrons. The van der Waals surface area contributed by atoms with Crippen molar-refractivity contribution in [2.24, 2.45) is 11.8 Å². The van der Waals surface area contributed by atoms with E-state index in [9.17, 15) is 0 Å². The van der Waals surface area contributed by atoms with Crippen LogP contribution >= 0.6 is 11.3 Å². The maximum Gasteiger partial charge on any atom is 0.146 e. The Morgan fingerprint density at radius 3 is 2.52 bits per heavy atom. The second-order valence-electron chi connectivity index (χ2n) is 10.7. The van der Waals surface area contributed by atoms with Crippen molar-refractivity contribution in [3.8, 4) is 0 Å². The number of thiophene rings is 1. The highest BCUT2D eigenvalue weighted by molar-refractivity contribution is 7.19. The average molecular weight is 471 g/mol. The number of aryl methyl sites for hydroxylation is 2. The second kappa shape index (κ2) is 10.5. The highest BCUT2D eigenvalue weighted by Crippen LogP contribution is 2.39. The minimum atomic E-state index is 0.599. The number of likely N-dealkylation sites (tertiary alicyclic amines) is 1. The Kier molecular flexibility index (Phi) is 7.50. The van der Waals surface area contributed by atoms with E-state index in [2.05, 4.69) is 40.8 Å². The summed E-state index contributed by atoms with van der Waals surface area (Å²) >= 11 is 1.92. The number of aromatic nitrogens is 2. The number of hydrogen-bond acceptors (Lipinski definition) is 7. The molecule has 33 heavy (non-hydrogen) atoms. The van der Waals surface area contributed by atoms with Gasteiger partial charge in [-0.15, -0.1) is 11.3 Å². The van der Waals surface area contributed by atoms with Crippen molar-refractivity contribution >= 4 is 27.4 Å². The molecule has 0 aromatic carbocycles. The Labute approximate surface area is 203 Å². The van der Waals surface area contributed by atoms with Crippen LogP contribution in [0.5, 0.6) is 0 Å². The maximum absolute atomic E-state index is 5.13. The molecule has 2 aromatic heterocycles. The normalized spacial score (nSPS) is 22.2. The molecule has 4 heterocycles. The molecule has 2 aliphatic heterocycles. The topological polar surface area (TPSA) is 47.5 Å². The Bertz CT molecular complexity index is 926. The summed E-state index contributed by atoms with van der Waals surface area (Å²) < 4.78 is 0. The first kappa shape index (κ1) is 23.5. The van der Waals surface area contributed by atoms with E-state index in [4.69, 9.17) is 9.97 Å². The van der Waals surface area contributed by atoms with Gasteiger partial charge in [0, 0.05) is 44.1 Å². The van der Waals surface area contributed by atoms with Gasteiger partial charge in [-0.3, -0.25) is 4.90 Å². The molecule has 0 bridgehead atoms. The number of likely N-dealkylation sites (N-methyl/N-ethyl adjacent to an activating group) is 1. The molecule has 6 nitrogen and oxygen atoms in total. The first-order valence-electron chi connectivity index (χ1n) is 13.3. The standard InChI is InChI=1S/C26H42N6S/c1-4-30-12-14-32(15-13-30)17-20(3)16-27-25-24-21-6-5-7-22(21)33-26(24)29-23(28-25)18-31-10-8-19(2)9-11-31/h19-20H,4-18H2,1-3H3,(H,27,28,29). The second-order valence-corrected chi connectivity index (χ2v) is 11.8. The van der Waals surface area contributed by atoms with E-state index in [1.807, 2.05) is 11.3 Å². The number of rotatable bonds is 8. The van der Waals surface area contributed by atoms with Gasteiger partial charge >= 0.3 is 0 Å². The number of fused-ring (bicyclic) bond motifs is 3. The maximum atomic E-state index is 5.13. The molecule has 1 unspecified atom stereocenters. The van der Waals surface area contributed by atoms with E-state index in [-0.39, 0.29) is 0 Å². The van der Waals surface area contributed by atoms with Crippen molar-refractivity contribution in [3.05, 3.63) is 16.3 Å². The summed E-state index contributed by atoms with van der Waals surface area (Å²) in [4.78, 5) is 20.7. The molecule has 0 saturated carbocycles. The highest BCUT2D eigenvalue weighted by atomic mass is 32.1. The lowest BCUT2D eigenvalue weighted by molar-refractivity contribution is 0.126. The third-order valence-electron chi connectivity index (χ3n) is 7.95. The lowest BCUT2D eigenvalue weighted by Crippen LogP contribution is -2.47. The van der Waals surface area contributed by atoms with Gasteiger partial charge in [-0.05, 0) is 69.1 Å². The third-order valence-corrected chi connectivity index (χ3v) is 9.14. The molecule has 0 amide bonds. The molecule has 5 rings (SSSR count). The molecule has 0 spiro atoms. The molecule has 1 aliphatic carbocycles. The van der Waals surface area contributed by atoms with Crippen LogP contribution in [0.2, 0.25) is 0 Å². The van der Waals surface area contributed by atoms with Crippen LogP contribution in [-0.4, -0.2) is 83.6 Å². The predicted octanol–water partition coefficient (Wildman–Crippen LogP) is 4.10. The zero-order valence-corrected chi connectivity index (χ0v) is 21.7. The van der Waals surface area contributed by atoms with Crippen molar-refractivity contribution in [2.45, 2.75) is 59.4 Å². The van der Waals surface area contributed by atoms with Gasteiger partial charge < -0.3 is 15.1 Å². The Hall–Kier alpha value is -1.28. The molecule has 7 heteroatoms. The van der Waals surface area contributed by atoms with Gasteiger partial charge in [0.25, 0.3) is 0 Å². The molecule has 2 saturated heterocycles. The van der Waals surface area contributed by atoms with Gasteiger partial charge in [-0.2, -0.15) is 0 Å². The van der Waals surface area contributed by atoms with Gasteiger partial charge in [0.15, 0.2) is 0 Å². The molecular formula is C26H42N6S. The van der Waals surface area contributed by atoms with E-state index in [1.165, 1.54) is 100 Å². The zero-order valence-electron chi connectivity index (χ0n) is 20.9. The Balaban J connectivity index is 1.27. The largest absolute Gasteiger partial charge is 0.369 e. The van der Waals surface area contributed by atoms with Crippen molar-refractivity contribution in [1.29, 1.82) is 0 Å². The van der Waals surface area contributed by atoms with Crippen LogP contribution in [0, 0.1) is 11.8 Å². The molecule has 2 fully saturated rings. The van der Waals surface area contributed by atoms with Crippen LogP contribution in [0.25, 0.3) is 10.2 Å². The Morgan fingerprint density at radius 2 is 1.76 bits per heavy atom. The van der Waals surface area contributed by atoms with Crippen molar-refractivity contribution in [1.82, 2.24) is 24.7 Å². The molecule has 1 N–H and O–H groups in total. The predicted molar refractivity (Wildman–Crippen MR) is 139 cm³/mol. The number of hydrogen-bond donors (Lipinski definition) is 1. The summed E-state index contributed by atoms with van der Waals surface area (Å²) in [5.74, 6) is 3.56. The van der Waals surface area contributed by atoms with Crippen LogP contribution in [0.15, 0.2) is 0 Å². The van der Waals surface area contributed by atoms with E-state index < -0.39 is 0 Å². The SMILES string of the molecule is CCN1CCN(CC(C)CNc2nc(CN3CCC(C)CC3)nc3sc4c(c23)CCC4)CC1. The highest BCUT2D eigenvalue weighted by Gasteiger charge is 2.24. The summed E-state index contributed by atoms with van der Waals surface area (Å²) in [5, 5.41) is 5.12. The summed E-state index contributed by atoms with van der Waals surface area (Å²) in [6, 6.07) is 0. The van der Waals surface area contributed by atoms with Crippen LogP contribution in [0.4, 0.5) is 5.82 Å². The van der Waals surface area contributed by atoms with Gasteiger partial charge in [-0.1, -0.05) is 20.8 Å². The van der Waals surface area contributed by atoms with Gasteiger partial charge in [0.05, 0.1) is 11.9 Å². The zero-order chi connectivity index (χ0) is 22.8. The third kappa shape index (κ3) is 5.53. The van der Waals surface area contributed by atoms with Crippen molar-refractivity contribution in [3.63, 3.8) is 0 Å². The number of piperazine rings is 1. The number of nitrogens with one attached hydrogen (secondary N) is 1. The quantitative estimate of drug-likeness (QED) is 0.627. The van der Waals surface area contributed by atoms with Gasteiger partial charge in [0.2, 0.25) is 0 Å². The summed E-state index contributed by atoms with van der Waals surface area (Å²) in [7, 11) is 0. The van der Waals surface area contributed by atoms with Gasteiger partial charge in [0.1, 0.15) is 16.5 Å². The van der Waals surface area contributed by atoms with Crippen LogP contribution in [0.1, 0.15) is 56.3 Å². The van der Waals surface area contributed by atoms with Gasteiger partial charge in [-0.25, -0.2) is 9.97 Å². The molecule has 0 radical (unpaired) electrons. The van der Waals surface area contributed by atoms with Crippen molar-refractivity contribution in [2.75, 3.05) is 64.2 Å². The smallest absolute Gasteiger partial charge is 0.146 e. The summed E-state index contributed by atoms with van der Waals surface area (Å²) in [6.07, 6.45) is 6.28. The molecule has 3 aliphatic rings. The number of piperidine rings is 1. The lowest BCUT2D eigenvalue weighted by Gasteiger charge is -2.35. The monoisotopic (exact) mass is 470 g/mol. The van der Waals surface area contributed by atoms with E-state index in [0.717, 1.165) is 30.6 Å². The first-order valence-corrected chi connectivity index (χ1v) is 14.1. The molecular weight excluding hydrogens is 428 g/mol. The molecule has 1 atom stereocenters. The van der Waals surface area contributed by atoms with Crippen LogP contribution in [0.3, 0.4) is 0 Å². The fraction of sp³-hybridized carbons (Fsp3) is 0.769. The van der Waals surface area contributed by atoms with Crippen molar-refractivity contribution < 1.29 is 0 Å². The summed E-state index contributed by atoms with van der Waals surface area (Å²) in [6.45, 7) is 18.4. The van der Waals surface area contributed by atoms with Crippen LogP contribution in [-0.2, 0) is 19.4 Å². The van der Waals surface area contributed by atoms with E-state index in [1.54, 1.807) is 4.88 Å². The number of anilines is 1. The Morgan fingerprint density at radius 1 is 1.00 bits per heavy atom. The minimum absolute atomic E-state index is 0.599. The fourth-order valence-electron chi connectivity index (χ4n) is 5.72. The average Bonchev–Trinajstić information content (AvgIpc) is 3.41. The van der Waals surface area contributed by atoms with E-state index >= 15 is 0 Å². The minimum Gasteiger partial charge on any atom is -0.369 e.